The maximum absolute atomic E-state index is 13.6. The molecule has 0 saturated carbocycles. The molecule has 0 radical (unpaired) electrons. The first kappa shape index (κ1) is 25.9. The molecular formula is C31H34BrN5O2. The van der Waals surface area contributed by atoms with Crippen LogP contribution in [0.4, 0.5) is 5.69 Å². The Hall–Kier alpha value is -3.36. The van der Waals surface area contributed by atoms with E-state index in [1.54, 1.807) is 7.11 Å². The highest BCUT2D eigenvalue weighted by Gasteiger charge is 2.32. The van der Waals surface area contributed by atoms with Crippen molar-refractivity contribution in [2.45, 2.75) is 19.4 Å². The van der Waals surface area contributed by atoms with Gasteiger partial charge in [-0.2, -0.15) is 0 Å². The summed E-state index contributed by atoms with van der Waals surface area (Å²) in [6.07, 6.45) is 1.97. The lowest BCUT2D eigenvalue weighted by Gasteiger charge is -2.40. The Morgan fingerprint density at radius 3 is 2.49 bits per heavy atom. The number of piperidine rings is 1. The van der Waals surface area contributed by atoms with Crippen LogP contribution >= 0.6 is 15.9 Å². The fourth-order valence-electron chi connectivity index (χ4n) is 5.98. The predicted molar refractivity (Wildman–Crippen MR) is 159 cm³/mol. The highest BCUT2D eigenvalue weighted by Crippen LogP contribution is 2.30. The zero-order valence-corrected chi connectivity index (χ0v) is 23.9. The number of nitrogens with zero attached hydrogens (tertiary/aromatic N) is 5. The monoisotopic (exact) mass is 587 g/mol. The van der Waals surface area contributed by atoms with Crippen molar-refractivity contribution >= 4 is 38.6 Å². The quantitative estimate of drug-likeness (QED) is 0.304. The molecule has 0 spiro atoms. The molecule has 3 heterocycles. The minimum atomic E-state index is 0.0297. The van der Waals surface area contributed by atoms with E-state index in [-0.39, 0.29) is 5.92 Å². The van der Waals surface area contributed by atoms with Crippen molar-refractivity contribution in [3.8, 4) is 11.4 Å². The molecule has 2 aliphatic rings. The Kier molecular flexibility index (Phi) is 7.57. The molecule has 202 valence electrons. The third-order valence-corrected chi connectivity index (χ3v) is 8.48. The van der Waals surface area contributed by atoms with Crippen LogP contribution in [-0.4, -0.2) is 71.6 Å². The van der Waals surface area contributed by atoms with Crippen molar-refractivity contribution in [1.82, 2.24) is 19.4 Å². The molecule has 7 nitrogen and oxygen atoms in total. The van der Waals surface area contributed by atoms with Crippen molar-refractivity contribution < 1.29 is 9.53 Å². The Morgan fingerprint density at radius 1 is 0.949 bits per heavy atom. The SMILES string of the molecule is COc1ccccc1N1CCN(C(=O)[C@H]2CCCN(Cc3nc4ccccc4n3-c3ccc(Br)cc3)C2)CC1. The summed E-state index contributed by atoms with van der Waals surface area (Å²) >= 11 is 3.55. The fraction of sp³-hybridized carbons (Fsp3) is 0.355. The van der Waals surface area contributed by atoms with Gasteiger partial charge in [0.25, 0.3) is 0 Å². The molecule has 1 aromatic heterocycles. The van der Waals surface area contributed by atoms with Crippen molar-refractivity contribution in [2.75, 3.05) is 51.3 Å². The van der Waals surface area contributed by atoms with Gasteiger partial charge in [-0.15, -0.1) is 0 Å². The van der Waals surface area contributed by atoms with E-state index in [0.717, 1.165) is 97.1 Å². The number of piperazine rings is 1. The molecule has 2 fully saturated rings. The molecular weight excluding hydrogens is 554 g/mol. The summed E-state index contributed by atoms with van der Waals surface area (Å²) in [6, 6.07) is 24.8. The number of halogens is 1. The topological polar surface area (TPSA) is 53.8 Å². The van der Waals surface area contributed by atoms with Gasteiger partial charge in [0.05, 0.1) is 36.3 Å². The minimum absolute atomic E-state index is 0.0297. The van der Waals surface area contributed by atoms with E-state index < -0.39 is 0 Å². The third-order valence-electron chi connectivity index (χ3n) is 7.95. The molecule has 0 N–H and O–H groups in total. The summed E-state index contributed by atoms with van der Waals surface area (Å²) in [4.78, 5) is 25.4. The lowest BCUT2D eigenvalue weighted by Crippen LogP contribution is -2.52. The van der Waals surface area contributed by atoms with E-state index in [0.29, 0.717) is 5.91 Å². The number of methoxy groups -OCH3 is 1. The first-order chi connectivity index (χ1) is 19.1. The molecule has 4 aromatic rings. The van der Waals surface area contributed by atoms with Crippen LogP contribution < -0.4 is 9.64 Å². The van der Waals surface area contributed by atoms with Crippen molar-refractivity contribution in [2.24, 2.45) is 5.92 Å². The molecule has 6 rings (SSSR count). The van der Waals surface area contributed by atoms with Gasteiger partial charge in [0.1, 0.15) is 11.6 Å². The molecule has 8 heteroatoms. The van der Waals surface area contributed by atoms with Crippen LogP contribution in [0, 0.1) is 5.92 Å². The number of likely N-dealkylation sites (tertiary alicyclic amines) is 1. The Morgan fingerprint density at radius 2 is 1.69 bits per heavy atom. The second-order valence-corrected chi connectivity index (χ2v) is 11.3. The Labute approximate surface area is 238 Å². The Balaban J connectivity index is 1.14. The van der Waals surface area contributed by atoms with Crippen LogP contribution in [0.3, 0.4) is 0 Å². The minimum Gasteiger partial charge on any atom is -0.495 e. The van der Waals surface area contributed by atoms with Crippen molar-refractivity contribution in [3.63, 3.8) is 0 Å². The van der Waals surface area contributed by atoms with Crippen LogP contribution in [0.1, 0.15) is 18.7 Å². The number of rotatable bonds is 6. The van der Waals surface area contributed by atoms with E-state index in [1.165, 1.54) is 0 Å². The number of anilines is 1. The molecule has 1 atom stereocenters. The first-order valence-corrected chi connectivity index (χ1v) is 14.5. The molecule has 3 aromatic carbocycles. The van der Waals surface area contributed by atoms with E-state index in [9.17, 15) is 4.79 Å². The first-order valence-electron chi connectivity index (χ1n) is 13.7. The van der Waals surface area contributed by atoms with E-state index in [4.69, 9.17) is 9.72 Å². The zero-order valence-electron chi connectivity index (χ0n) is 22.3. The van der Waals surface area contributed by atoms with Crippen LogP contribution in [0.25, 0.3) is 16.7 Å². The number of hydrogen-bond donors (Lipinski definition) is 0. The second kappa shape index (κ2) is 11.4. The van der Waals surface area contributed by atoms with Gasteiger partial charge in [-0.1, -0.05) is 40.2 Å². The summed E-state index contributed by atoms with van der Waals surface area (Å²) in [6.45, 7) is 5.60. The average Bonchev–Trinajstić information content (AvgIpc) is 3.35. The number of ether oxygens (including phenoxy) is 1. The molecule has 39 heavy (non-hydrogen) atoms. The molecule has 2 aliphatic heterocycles. The van der Waals surface area contributed by atoms with Gasteiger partial charge in [0, 0.05) is 42.9 Å². The van der Waals surface area contributed by atoms with Gasteiger partial charge in [-0.25, -0.2) is 4.98 Å². The van der Waals surface area contributed by atoms with E-state index in [2.05, 4.69) is 83.7 Å². The number of carbonyl (C=O) groups is 1. The summed E-state index contributed by atoms with van der Waals surface area (Å²) < 4.78 is 8.86. The van der Waals surface area contributed by atoms with E-state index >= 15 is 0 Å². The van der Waals surface area contributed by atoms with Crippen LogP contribution in [0.2, 0.25) is 0 Å². The molecule has 1 amide bonds. The van der Waals surface area contributed by atoms with Gasteiger partial charge < -0.3 is 14.5 Å². The number of benzene rings is 3. The standard InChI is InChI=1S/C31H34BrN5O2/c1-39-29-11-5-4-10-28(29)35-17-19-36(20-18-35)31(38)23-7-6-16-34(21-23)22-30-33-26-8-2-3-9-27(26)37(30)25-14-12-24(32)13-15-25/h2-5,8-15,23H,6-7,16-22H2,1H3/t23-/m0/s1. The molecule has 2 saturated heterocycles. The summed E-state index contributed by atoms with van der Waals surface area (Å²) in [5.41, 5.74) is 4.30. The average molecular weight is 589 g/mol. The number of carbonyl (C=O) groups excluding carboxylic acids is 1. The van der Waals surface area contributed by atoms with Gasteiger partial charge in [0.15, 0.2) is 0 Å². The van der Waals surface area contributed by atoms with Crippen molar-refractivity contribution in [1.29, 1.82) is 0 Å². The van der Waals surface area contributed by atoms with Crippen LogP contribution in [0.15, 0.2) is 77.3 Å². The maximum atomic E-state index is 13.6. The highest BCUT2D eigenvalue weighted by atomic mass is 79.9. The van der Waals surface area contributed by atoms with Gasteiger partial charge in [-0.05, 0) is 67.9 Å². The Bertz CT molecular complexity index is 1450. The lowest BCUT2D eigenvalue weighted by atomic mass is 9.96. The summed E-state index contributed by atoms with van der Waals surface area (Å²) in [7, 11) is 1.71. The number of para-hydroxylation sites is 4. The van der Waals surface area contributed by atoms with Gasteiger partial charge in [0.2, 0.25) is 5.91 Å². The fourth-order valence-corrected chi connectivity index (χ4v) is 6.24. The van der Waals surface area contributed by atoms with Crippen molar-refractivity contribution in [3.05, 3.63) is 83.1 Å². The largest absolute Gasteiger partial charge is 0.495 e. The number of amides is 1. The van der Waals surface area contributed by atoms with E-state index in [1.807, 2.05) is 24.3 Å². The lowest BCUT2D eigenvalue weighted by molar-refractivity contribution is -0.137. The number of fused-ring (bicyclic) bond motifs is 1. The number of aromatic nitrogens is 2. The van der Waals surface area contributed by atoms with Gasteiger partial charge >= 0.3 is 0 Å². The zero-order chi connectivity index (χ0) is 26.8. The summed E-state index contributed by atoms with van der Waals surface area (Å²) in [5, 5.41) is 0. The van der Waals surface area contributed by atoms with Crippen LogP contribution in [0.5, 0.6) is 5.75 Å². The third kappa shape index (κ3) is 5.40. The number of hydrogen-bond acceptors (Lipinski definition) is 5. The molecule has 0 aliphatic carbocycles. The molecule has 0 bridgehead atoms. The smallest absolute Gasteiger partial charge is 0.227 e. The molecule has 0 unspecified atom stereocenters. The number of imidazole rings is 1. The summed E-state index contributed by atoms with van der Waals surface area (Å²) in [5.74, 6) is 2.22. The normalized spacial score (nSPS) is 18.5. The predicted octanol–water partition coefficient (Wildman–Crippen LogP) is 5.36. The highest BCUT2D eigenvalue weighted by molar-refractivity contribution is 9.10. The van der Waals surface area contributed by atoms with Gasteiger partial charge in [-0.3, -0.25) is 14.3 Å². The van der Waals surface area contributed by atoms with Crippen LogP contribution in [-0.2, 0) is 11.3 Å². The maximum Gasteiger partial charge on any atom is 0.227 e. The second-order valence-electron chi connectivity index (χ2n) is 10.4.